The maximum absolute atomic E-state index is 12.9. The van der Waals surface area contributed by atoms with Gasteiger partial charge < -0.3 is 10.0 Å². The van der Waals surface area contributed by atoms with Gasteiger partial charge in [0.2, 0.25) is 0 Å². The number of aliphatic carboxylic acids is 1. The summed E-state index contributed by atoms with van der Waals surface area (Å²) in [6, 6.07) is 5.60. The maximum Gasteiger partial charge on any atom is 0.394 e. The normalized spacial score (nSPS) is 23.2. The Bertz CT molecular complexity index is 486. The van der Waals surface area contributed by atoms with E-state index >= 15 is 0 Å². The number of hydrogen-bond acceptors (Lipinski definition) is 2. The molecule has 0 saturated carbocycles. The number of piperidine rings is 1. The van der Waals surface area contributed by atoms with Gasteiger partial charge in [0, 0.05) is 6.54 Å². The number of rotatable bonds is 1. The molecule has 1 amide bonds. The summed E-state index contributed by atoms with van der Waals surface area (Å²) in [6.45, 7) is 2.41. The lowest BCUT2D eigenvalue weighted by atomic mass is 9.90. The van der Waals surface area contributed by atoms with Crippen molar-refractivity contribution >= 4 is 11.9 Å². The molecule has 1 heterocycles. The van der Waals surface area contributed by atoms with Gasteiger partial charge in [-0.3, -0.25) is 4.79 Å². The first kappa shape index (κ1) is 13.5. The zero-order chi connectivity index (χ0) is 14.0. The number of carbonyl (C=O) groups excluding carboxylic acids is 1. The summed E-state index contributed by atoms with van der Waals surface area (Å²) in [5, 5.41) is 8.88. The van der Waals surface area contributed by atoms with Gasteiger partial charge in [-0.15, -0.1) is 0 Å². The minimum atomic E-state index is -1.44. The van der Waals surface area contributed by atoms with Gasteiger partial charge in [0.25, 0.3) is 0 Å². The highest BCUT2D eigenvalue weighted by atomic mass is 19.1. The predicted molar refractivity (Wildman–Crippen MR) is 66.9 cm³/mol. The lowest BCUT2D eigenvalue weighted by Crippen LogP contribution is -2.44. The first-order chi connectivity index (χ1) is 8.99. The van der Waals surface area contributed by atoms with Crippen LogP contribution >= 0.6 is 0 Å². The Morgan fingerprint density at radius 1 is 1.26 bits per heavy atom. The first-order valence-electron chi connectivity index (χ1n) is 6.28. The number of benzene rings is 1. The number of carboxylic acids is 1. The van der Waals surface area contributed by atoms with Crippen molar-refractivity contribution in [2.24, 2.45) is 5.92 Å². The van der Waals surface area contributed by atoms with Crippen molar-refractivity contribution in [2.75, 3.05) is 6.54 Å². The van der Waals surface area contributed by atoms with Crippen molar-refractivity contribution in [2.45, 2.75) is 25.8 Å². The summed E-state index contributed by atoms with van der Waals surface area (Å²) < 4.78 is 12.9. The van der Waals surface area contributed by atoms with E-state index in [2.05, 4.69) is 0 Å². The van der Waals surface area contributed by atoms with Gasteiger partial charge in [0.15, 0.2) is 0 Å². The summed E-state index contributed by atoms with van der Waals surface area (Å²) in [7, 11) is 0. The van der Waals surface area contributed by atoms with E-state index < -0.39 is 11.9 Å². The highest BCUT2D eigenvalue weighted by Crippen LogP contribution is 2.33. The zero-order valence-corrected chi connectivity index (χ0v) is 10.7. The van der Waals surface area contributed by atoms with Crippen molar-refractivity contribution in [3.8, 4) is 0 Å². The largest absolute Gasteiger partial charge is 0.474 e. The second kappa shape index (κ2) is 5.38. The summed E-state index contributed by atoms with van der Waals surface area (Å²) >= 11 is 0. The Labute approximate surface area is 110 Å². The fraction of sp³-hybridized carbons (Fsp3) is 0.429. The molecule has 0 aliphatic carbocycles. The van der Waals surface area contributed by atoms with E-state index in [1.54, 1.807) is 12.1 Å². The maximum atomic E-state index is 12.9. The molecule has 1 N–H and O–H groups in total. The highest BCUT2D eigenvalue weighted by molar-refractivity contribution is 6.31. The number of carbonyl (C=O) groups is 2. The molecule has 102 valence electrons. The van der Waals surface area contributed by atoms with Gasteiger partial charge >= 0.3 is 11.9 Å². The Morgan fingerprint density at radius 2 is 1.89 bits per heavy atom. The third-order valence-electron chi connectivity index (χ3n) is 3.52. The molecule has 0 spiro atoms. The van der Waals surface area contributed by atoms with Crippen LogP contribution in [-0.4, -0.2) is 28.4 Å². The SMILES string of the molecule is C[C@@H]1CC[C@@H](c2ccc(F)cc2)N(C(=O)C(=O)O)C1. The molecule has 1 saturated heterocycles. The molecule has 1 aliphatic heterocycles. The second-order valence-electron chi connectivity index (χ2n) is 5.01. The standard InChI is InChI=1S/C14H16FNO3/c1-9-2-7-12(10-3-5-11(15)6-4-10)16(8-9)13(17)14(18)19/h3-6,9,12H,2,7-8H2,1H3,(H,18,19)/t9-,12+/m1/s1. The Morgan fingerprint density at radius 3 is 2.47 bits per heavy atom. The molecule has 2 rings (SSSR count). The predicted octanol–water partition coefficient (Wildman–Crippen LogP) is 2.21. The van der Waals surface area contributed by atoms with Gasteiger partial charge in [0.1, 0.15) is 5.82 Å². The zero-order valence-electron chi connectivity index (χ0n) is 10.7. The summed E-state index contributed by atoms with van der Waals surface area (Å²) in [6.07, 6.45) is 1.62. The number of amides is 1. The first-order valence-corrected chi connectivity index (χ1v) is 6.28. The Kier molecular flexibility index (Phi) is 3.83. The van der Waals surface area contributed by atoms with Crippen LogP contribution in [0.4, 0.5) is 4.39 Å². The summed E-state index contributed by atoms with van der Waals surface area (Å²) in [5.74, 6) is -2.40. The van der Waals surface area contributed by atoms with Crippen LogP contribution in [0.1, 0.15) is 31.4 Å². The lowest BCUT2D eigenvalue weighted by Gasteiger charge is -2.38. The van der Waals surface area contributed by atoms with Crippen LogP contribution in [0.25, 0.3) is 0 Å². The molecule has 0 bridgehead atoms. The minimum Gasteiger partial charge on any atom is -0.474 e. The topological polar surface area (TPSA) is 57.6 Å². The molecule has 2 atom stereocenters. The summed E-state index contributed by atoms with van der Waals surface area (Å²) in [4.78, 5) is 24.0. The van der Waals surface area contributed by atoms with E-state index in [9.17, 15) is 14.0 Å². The molecular weight excluding hydrogens is 249 g/mol. The van der Waals surface area contributed by atoms with Crippen LogP contribution in [0.2, 0.25) is 0 Å². The molecule has 19 heavy (non-hydrogen) atoms. The van der Waals surface area contributed by atoms with Crippen molar-refractivity contribution in [1.29, 1.82) is 0 Å². The molecule has 1 aliphatic rings. The van der Waals surface area contributed by atoms with Crippen LogP contribution in [0.3, 0.4) is 0 Å². The van der Waals surface area contributed by atoms with Gasteiger partial charge in [0.05, 0.1) is 6.04 Å². The third kappa shape index (κ3) is 2.92. The molecule has 1 fully saturated rings. The van der Waals surface area contributed by atoms with E-state index in [1.165, 1.54) is 17.0 Å². The van der Waals surface area contributed by atoms with Crippen LogP contribution in [0.15, 0.2) is 24.3 Å². The number of hydrogen-bond donors (Lipinski definition) is 1. The van der Waals surface area contributed by atoms with Gasteiger partial charge in [-0.25, -0.2) is 9.18 Å². The monoisotopic (exact) mass is 265 g/mol. The fourth-order valence-corrected chi connectivity index (χ4v) is 2.53. The lowest BCUT2D eigenvalue weighted by molar-refractivity contribution is -0.158. The molecule has 1 aromatic rings. The van der Waals surface area contributed by atoms with E-state index in [-0.39, 0.29) is 17.8 Å². The molecule has 5 heteroatoms. The molecule has 0 radical (unpaired) electrons. The number of nitrogens with zero attached hydrogens (tertiary/aromatic N) is 1. The van der Waals surface area contributed by atoms with Crippen LogP contribution < -0.4 is 0 Å². The molecule has 0 aromatic heterocycles. The third-order valence-corrected chi connectivity index (χ3v) is 3.52. The number of carboxylic acid groups (broad SMARTS) is 1. The highest BCUT2D eigenvalue weighted by Gasteiger charge is 2.33. The van der Waals surface area contributed by atoms with Crippen LogP contribution in [0.5, 0.6) is 0 Å². The van der Waals surface area contributed by atoms with Crippen molar-refractivity contribution in [3.05, 3.63) is 35.6 Å². The average Bonchev–Trinajstić information content (AvgIpc) is 2.39. The van der Waals surface area contributed by atoms with Gasteiger partial charge in [-0.2, -0.15) is 0 Å². The molecule has 0 unspecified atom stereocenters. The van der Waals surface area contributed by atoms with Crippen molar-refractivity contribution < 1.29 is 19.1 Å². The van der Waals surface area contributed by atoms with Gasteiger partial charge in [-0.05, 0) is 36.5 Å². The smallest absolute Gasteiger partial charge is 0.394 e. The minimum absolute atomic E-state index is 0.277. The quantitative estimate of drug-likeness (QED) is 0.792. The van der Waals surface area contributed by atoms with Crippen molar-refractivity contribution in [3.63, 3.8) is 0 Å². The van der Waals surface area contributed by atoms with Crippen LogP contribution in [-0.2, 0) is 9.59 Å². The van der Waals surface area contributed by atoms with Crippen LogP contribution in [0, 0.1) is 11.7 Å². The molecule has 1 aromatic carbocycles. The van der Waals surface area contributed by atoms with Gasteiger partial charge in [-0.1, -0.05) is 19.1 Å². The Hall–Kier alpha value is -1.91. The number of likely N-dealkylation sites (tertiary alicyclic amines) is 1. The number of halogens is 1. The van der Waals surface area contributed by atoms with E-state index in [1.807, 2.05) is 6.92 Å². The molecule has 4 nitrogen and oxygen atoms in total. The van der Waals surface area contributed by atoms with E-state index in [4.69, 9.17) is 5.11 Å². The summed E-state index contributed by atoms with van der Waals surface area (Å²) in [5.41, 5.74) is 0.780. The fourth-order valence-electron chi connectivity index (χ4n) is 2.53. The van der Waals surface area contributed by atoms with Crippen molar-refractivity contribution in [1.82, 2.24) is 4.90 Å². The Balaban J connectivity index is 2.27. The van der Waals surface area contributed by atoms with E-state index in [0.717, 1.165) is 12.0 Å². The van der Waals surface area contributed by atoms with E-state index in [0.29, 0.717) is 13.0 Å². The average molecular weight is 265 g/mol. The second-order valence-corrected chi connectivity index (χ2v) is 5.01. The molecular formula is C14H16FNO3.